The molecule has 0 aromatic carbocycles. The quantitative estimate of drug-likeness (QED) is 0.495. The molecule has 0 bridgehead atoms. The molecule has 0 spiro atoms. The zero-order chi connectivity index (χ0) is 8.13. The third kappa shape index (κ3) is 0.669. The van der Waals surface area contributed by atoms with Gasteiger partial charge in [0.05, 0.1) is 0 Å². The molecule has 3 aliphatic carbocycles. The number of allylic oxidation sites excluding steroid dienone is 4. The second kappa shape index (κ2) is 2.09. The maximum Gasteiger partial charge on any atom is 0.159 e. The number of hydrogen-bond donors (Lipinski definition) is 0. The molecular formula is C11H12O. The molecule has 3 rings (SSSR count). The summed E-state index contributed by atoms with van der Waals surface area (Å²) in [6.07, 6.45) is 10.8. The Hall–Kier alpha value is -0.850. The van der Waals surface area contributed by atoms with Crippen LogP contribution in [0.1, 0.15) is 12.8 Å². The van der Waals surface area contributed by atoms with Gasteiger partial charge in [-0.25, -0.2) is 0 Å². The molecule has 0 saturated heterocycles. The van der Waals surface area contributed by atoms with Crippen molar-refractivity contribution < 1.29 is 4.79 Å². The summed E-state index contributed by atoms with van der Waals surface area (Å²) in [5.74, 6) is 2.69. The highest BCUT2D eigenvalue weighted by Gasteiger charge is 2.47. The molecule has 0 aromatic heterocycles. The summed E-state index contributed by atoms with van der Waals surface area (Å²) in [6.45, 7) is 0. The molecule has 0 amide bonds. The summed E-state index contributed by atoms with van der Waals surface area (Å²) in [5, 5.41) is 0. The molecule has 62 valence electrons. The van der Waals surface area contributed by atoms with E-state index in [2.05, 4.69) is 18.2 Å². The molecule has 0 aliphatic heterocycles. The van der Waals surface area contributed by atoms with E-state index in [1.807, 2.05) is 0 Å². The first-order valence-electron chi connectivity index (χ1n) is 4.75. The number of ketones is 1. The molecule has 4 atom stereocenters. The first-order chi connectivity index (χ1) is 5.86. The van der Waals surface area contributed by atoms with Crippen LogP contribution in [0.15, 0.2) is 24.3 Å². The summed E-state index contributed by atoms with van der Waals surface area (Å²) in [6, 6.07) is 0. The van der Waals surface area contributed by atoms with Gasteiger partial charge in [0, 0.05) is 5.92 Å². The van der Waals surface area contributed by atoms with Crippen LogP contribution in [0.25, 0.3) is 0 Å². The highest BCUT2D eigenvalue weighted by Crippen LogP contribution is 2.50. The van der Waals surface area contributed by atoms with Gasteiger partial charge in [-0.2, -0.15) is 0 Å². The molecule has 12 heavy (non-hydrogen) atoms. The van der Waals surface area contributed by atoms with Crippen LogP contribution in [0, 0.1) is 23.7 Å². The van der Waals surface area contributed by atoms with Crippen LogP contribution in [0.3, 0.4) is 0 Å². The van der Waals surface area contributed by atoms with E-state index in [-0.39, 0.29) is 0 Å². The normalized spacial score (nSPS) is 48.5. The summed E-state index contributed by atoms with van der Waals surface area (Å²) in [7, 11) is 0. The minimum Gasteiger partial charge on any atom is -0.295 e. The second-order valence-corrected chi connectivity index (χ2v) is 4.18. The molecule has 1 heteroatoms. The maximum absolute atomic E-state index is 11.5. The van der Waals surface area contributed by atoms with Crippen molar-refractivity contribution in [2.45, 2.75) is 12.8 Å². The molecule has 0 heterocycles. The third-order valence-corrected chi connectivity index (χ3v) is 3.64. The zero-order valence-electron chi connectivity index (χ0n) is 6.94. The summed E-state index contributed by atoms with van der Waals surface area (Å²) < 4.78 is 0. The van der Waals surface area contributed by atoms with Crippen molar-refractivity contribution in [3.05, 3.63) is 24.3 Å². The topological polar surface area (TPSA) is 17.1 Å². The van der Waals surface area contributed by atoms with Crippen molar-refractivity contribution >= 4 is 5.78 Å². The van der Waals surface area contributed by atoms with Crippen LogP contribution >= 0.6 is 0 Å². The number of fused-ring (bicyclic) bond motifs is 3. The Labute approximate surface area is 72.2 Å². The first kappa shape index (κ1) is 6.64. The zero-order valence-corrected chi connectivity index (χ0v) is 6.94. The number of carbonyl (C=O) groups excluding carboxylic acids is 1. The lowest BCUT2D eigenvalue weighted by Crippen LogP contribution is -2.18. The van der Waals surface area contributed by atoms with E-state index < -0.39 is 0 Å². The van der Waals surface area contributed by atoms with Crippen molar-refractivity contribution in [1.82, 2.24) is 0 Å². The van der Waals surface area contributed by atoms with Gasteiger partial charge in [-0.3, -0.25) is 4.79 Å². The summed E-state index contributed by atoms with van der Waals surface area (Å²) in [4.78, 5) is 11.5. The molecule has 3 aliphatic rings. The molecular weight excluding hydrogens is 148 g/mol. The Morgan fingerprint density at radius 3 is 3.08 bits per heavy atom. The van der Waals surface area contributed by atoms with E-state index >= 15 is 0 Å². The van der Waals surface area contributed by atoms with Crippen LogP contribution in [-0.2, 0) is 4.79 Å². The molecule has 0 N–H and O–H groups in total. The molecule has 1 fully saturated rings. The number of hydrogen-bond acceptors (Lipinski definition) is 1. The van der Waals surface area contributed by atoms with E-state index in [0.717, 1.165) is 6.42 Å². The number of rotatable bonds is 0. The van der Waals surface area contributed by atoms with E-state index in [1.165, 1.54) is 6.42 Å². The predicted molar refractivity (Wildman–Crippen MR) is 46.5 cm³/mol. The molecule has 0 radical (unpaired) electrons. The smallest absolute Gasteiger partial charge is 0.159 e. The SMILES string of the molecule is O=C1C=C[C@@H]2C[C@H]3C=CC[C@H]3[C@H]12. The van der Waals surface area contributed by atoms with Crippen molar-refractivity contribution in [3.63, 3.8) is 0 Å². The van der Waals surface area contributed by atoms with E-state index in [0.29, 0.717) is 29.5 Å². The average Bonchev–Trinajstić information content (AvgIpc) is 2.61. The van der Waals surface area contributed by atoms with Crippen molar-refractivity contribution in [3.8, 4) is 0 Å². The van der Waals surface area contributed by atoms with Crippen LogP contribution in [0.5, 0.6) is 0 Å². The van der Waals surface area contributed by atoms with Crippen molar-refractivity contribution in [2.75, 3.05) is 0 Å². The Morgan fingerprint density at radius 1 is 1.25 bits per heavy atom. The second-order valence-electron chi connectivity index (χ2n) is 4.18. The molecule has 0 aromatic rings. The standard InChI is InChI=1S/C11H12O/c12-10-5-4-8-6-7-2-1-3-9(7)11(8)10/h1-2,4-5,7-9,11H,3,6H2/t7-,8-,9-,11-/m1/s1. The van der Waals surface area contributed by atoms with Gasteiger partial charge in [0.1, 0.15) is 0 Å². The lowest BCUT2D eigenvalue weighted by atomic mass is 9.88. The largest absolute Gasteiger partial charge is 0.295 e. The van der Waals surface area contributed by atoms with Crippen LogP contribution in [0.2, 0.25) is 0 Å². The van der Waals surface area contributed by atoms with Crippen LogP contribution in [-0.4, -0.2) is 5.78 Å². The highest BCUT2D eigenvalue weighted by molar-refractivity contribution is 5.95. The molecule has 1 saturated carbocycles. The lowest BCUT2D eigenvalue weighted by Gasteiger charge is -2.14. The lowest BCUT2D eigenvalue weighted by molar-refractivity contribution is -0.119. The van der Waals surface area contributed by atoms with Crippen LogP contribution in [0.4, 0.5) is 0 Å². The Kier molecular flexibility index (Phi) is 1.16. The highest BCUT2D eigenvalue weighted by atomic mass is 16.1. The first-order valence-corrected chi connectivity index (χ1v) is 4.75. The van der Waals surface area contributed by atoms with Gasteiger partial charge in [0.15, 0.2) is 5.78 Å². The van der Waals surface area contributed by atoms with Gasteiger partial charge in [-0.1, -0.05) is 18.2 Å². The van der Waals surface area contributed by atoms with Gasteiger partial charge >= 0.3 is 0 Å². The van der Waals surface area contributed by atoms with Crippen molar-refractivity contribution in [1.29, 1.82) is 0 Å². The van der Waals surface area contributed by atoms with Gasteiger partial charge in [0.25, 0.3) is 0 Å². The van der Waals surface area contributed by atoms with E-state index in [1.54, 1.807) is 6.08 Å². The molecule has 0 unspecified atom stereocenters. The Morgan fingerprint density at radius 2 is 2.17 bits per heavy atom. The summed E-state index contributed by atoms with van der Waals surface area (Å²) >= 11 is 0. The van der Waals surface area contributed by atoms with Crippen molar-refractivity contribution in [2.24, 2.45) is 23.7 Å². The third-order valence-electron chi connectivity index (χ3n) is 3.64. The van der Waals surface area contributed by atoms with Gasteiger partial charge in [-0.05, 0) is 36.7 Å². The van der Waals surface area contributed by atoms with Gasteiger partial charge < -0.3 is 0 Å². The fraction of sp³-hybridized carbons (Fsp3) is 0.545. The minimum atomic E-state index is 0.352. The predicted octanol–water partition coefficient (Wildman–Crippen LogP) is 1.95. The van der Waals surface area contributed by atoms with Crippen LogP contribution < -0.4 is 0 Å². The fourth-order valence-corrected chi connectivity index (χ4v) is 3.12. The molecule has 1 nitrogen and oxygen atoms in total. The number of carbonyl (C=O) groups is 1. The van der Waals surface area contributed by atoms with E-state index in [4.69, 9.17) is 0 Å². The van der Waals surface area contributed by atoms with E-state index in [9.17, 15) is 4.79 Å². The fourth-order valence-electron chi connectivity index (χ4n) is 3.12. The monoisotopic (exact) mass is 160 g/mol. The Balaban J connectivity index is 1.96. The van der Waals surface area contributed by atoms with Gasteiger partial charge in [0.2, 0.25) is 0 Å². The minimum absolute atomic E-state index is 0.352. The van der Waals surface area contributed by atoms with Gasteiger partial charge in [-0.15, -0.1) is 0 Å². The Bertz CT molecular complexity index is 287. The summed E-state index contributed by atoms with van der Waals surface area (Å²) in [5.41, 5.74) is 0. The average molecular weight is 160 g/mol. The maximum atomic E-state index is 11.5.